The van der Waals surface area contributed by atoms with Crippen LogP contribution in [0.15, 0.2) is 0 Å². The van der Waals surface area contributed by atoms with Crippen molar-refractivity contribution in [2.75, 3.05) is 19.8 Å². The molecular formula is C27H47N5O15. The summed E-state index contributed by atoms with van der Waals surface area (Å²) in [6.45, 7) is 2.77. The first-order chi connectivity index (χ1) is 21.9. The van der Waals surface area contributed by atoms with Crippen molar-refractivity contribution in [3.8, 4) is 0 Å². The second-order valence-electron chi connectivity index (χ2n) is 11.8. The minimum atomic E-state index is -1.81. The summed E-state index contributed by atoms with van der Waals surface area (Å²) in [5, 5.41) is 76.5. The van der Waals surface area contributed by atoms with Crippen molar-refractivity contribution in [1.29, 1.82) is 0 Å². The molecule has 2 aliphatic rings. The number of carboxylic acids is 1. The quantitative estimate of drug-likeness (QED) is 0.0765. The van der Waals surface area contributed by atoms with E-state index in [-0.39, 0.29) is 0 Å². The van der Waals surface area contributed by atoms with Gasteiger partial charge in [-0.3, -0.25) is 24.0 Å². The van der Waals surface area contributed by atoms with Gasteiger partial charge in [0.1, 0.15) is 48.7 Å². The number of aliphatic hydroxyl groups excluding tert-OH is 6. The maximum Gasteiger partial charge on any atom is 0.309 e. The van der Waals surface area contributed by atoms with Crippen molar-refractivity contribution >= 4 is 29.6 Å². The van der Waals surface area contributed by atoms with Gasteiger partial charge in [-0.1, -0.05) is 0 Å². The maximum atomic E-state index is 13.4. The van der Waals surface area contributed by atoms with E-state index in [0.29, 0.717) is 0 Å². The molecule has 2 rings (SSSR count). The molecule has 3 unspecified atom stereocenters. The van der Waals surface area contributed by atoms with Crippen molar-refractivity contribution in [3.63, 3.8) is 0 Å². The van der Waals surface area contributed by atoms with Crippen LogP contribution in [0.2, 0.25) is 0 Å². The van der Waals surface area contributed by atoms with Crippen molar-refractivity contribution in [2.45, 2.75) is 113 Å². The summed E-state index contributed by atoms with van der Waals surface area (Å²) in [6, 6.07) is -5.88. The third-order valence-electron chi connectivity index (χ3n) is 7.99. The topological polar surface area (TPSA) is 334 Å². The molecule has 0 aromatic heterocycles. The number of carbonyl (C=O) groups is 5. The molecule has 14 atom stereocenters. The average Bonchev–Trinajstić information content (AvgIpc) is 2.98. The van der Waals surface area contributed by atoms with Crippen LogP contribution in [0.4, 0.5) is 0 Å². The zero-order chi connectivity index (χ0) is 35.9. The van der Waals surface area contributed by atoms with Gasteiger partial charge in [0.25, 0.3) is 0 Å². The van der Waals surface area contributed by atoms with Gasteiger partial charge in [-0.2, -0.15) is 0 Å². The number of nitrogens with two attached hydrogens (primary N) is 2. The predicted molar refractivity (Wildman–Crippen MR) is 155 cm³/mol. The Hall–Kier alpha value is -3.05. The van der Waals surface area contributed by atoms with Gasteiger partial charge in [0.2, 0.25) is 23.6 Å². The van der Waals surface area contributed by atoms with Crippen LogP contribution in [-0.4, -0.2) is 169 Å². The maximum absolute atomic E-state index is 13.4. The lowest BCUT2D eigenvalue weighted by molar-refractivity contribution is -0.268. The van der Waals surface area contributed by atoms with Crippen LogP contribution < -0.4 is 22.1 Å². The Balaban J connectivity index is 2.47. The van der Waals surface area contributed by atoms with E-state index < -0.39 is 141 Å². The fourth-order valence-electron chi connectivity index (χ4n) is 5.76. The van der Waals surface area contributed by atoms with Crippen LogP contribution in [0, 0.1) is 5.92 Å². The van der Waals surface area contributed by atoms with Gasteiger partial charge in [0.15, 0.2) is 6.29 Å². The standard InChI is InChI=1S/C27H47N5O15/c1-9(45-23-18(31-12(4)36)27(44)47-16(8-34)20(23)38)6-32(25(41)10(2)28)14(24(29)40)5-13(26(42)43)22-17(30-11(3)35)21(39)19(37)15(7-33)46-22/h9-10,13-23,27,33-34,37-39,44H,5-8,28H2,1-4H3,(H2,29,40)(H,30,35)(H,31,36)(H,42,43)/t9?,10?,13?,14-,15-,16-,17-,18-,19-,20-,21-,22-,23-,27+/m1/s1. The first kappa shape index (κ1) is 40.1. The Kier molecular flexibility index (Phi) is 14.8. The lowest BCUT2D eigenvalue weighted by Crippen LogP contribution is -2.67. The van der Waals surface area contributed by atoms with Gasteiger partial charge >= 0.3 is 5.97 Å². The highest BCUT2D eigenvalue weighted by atomic mass is 16.6. The van der Waals surface area contributed by atoms with E-state index in [1.807, 2.05) is 0 Å². The van der Waals surface area contributed by atoms with Gasteiger partial charge in [0.05, 0.1) is 43.4 Å². The Bertz CT molecular complexity index is 1110. The van der Waals surface area contributed by atoms with Crippen LogP contribution in [0.1, 0.15) is 34.1 Å². The van der Waals surface area contributed by atoms with Gasteiger partial charge in [-0.25, -0.2) is 0 Å². The molecule has 0 saturated carbocycles. The molecular weight excluding hydrogens is 634 g/mol. The van der Waals surface area contributed by atoms with E-state index >= 15 is 0 Å². The van der Waals surface area contributed by atoms with Crippen LogP contribution in [-0.2, 0) is 38.2 Å². The molecule has 13 N–H and O–H groups in total. The number of amides is 4. The summed E-state index contributed by atoms with van der Waals surface area (Å²) in [7, 11) is 0. The highest BCUT2D eigenvalue weighted by Gasteiger charge is 2.51. The summed E-state index contributed by atoms with van der Waals surface area (Å²) < 4.78 is 16.7. The summed E-state index contributed by atoms with van der Waals surface area (Å²) in [5.41, 5.74) is 11.5. The molecule has 0 aromatic carbocycles. The minimum absolute atomic E-state index is 0.516. The third-order valence-corrected chi connectivity index (χ3v) is 7.99. The van der Waals surface area contributed by atoms with Gasteiger partial charge in [0, 0.05) is 20.4 Å². The van der Waals surface area contributed by atoms with E-state index in [0.717, 1.165) is 18.7 Å². The molecule has 0 bridgehead atoms. The molecule has 0 radical (unpaired) electrons. The number of primary amides is 1. The SMILES string of the molecule is CC(=O)N[C@@H]1[C@@H](O)[C@H](O)[C@@H](CO)O[C@@H]1C(C[C@H](C(N)=O)N(CC(C)O[C@H]1[C@H](O)[C@@H](CO)O[C@H](O)[C@@H]1NC(C)=O)C(=O)C(C)N)C(=O)O. The van der Waals surface area contributed by atoms with Crippen LogP contribution >= 0.6 is 0 Å². The van der Waals surface area contributed by atoms with Crippen molar-refractivity contribution in [2.24, 2.45) is 17.4 Å². The molecule has 20 nitrogen and oxygen atoms in total. The molecule has 0 aromatic rings. The summed E-state index contributed by atoms with van der Waals surface area (Å²) in [6.07, 6.45) is -14.6. The highest BCUT2D eigenvalue weighted by Crippen LogP contribution is 2.31. The zero-order valence-corrected chi connectivity index (χ0v) is 26.4. The van der Waals surface area contributed by atoms with Crippen LogP contribution in [0.25, 0.3) is 0 Å². The third kappa shape index (κ3) is 9.98. The number of carboxylic acid groups (broad SMARTS) is 1. The van der Waals surface area contributed by atoms with Gasteiger partial charge in [-0.15, -0.1) is 0 Å². The first-order valence-corrected chi connectivity index (χ1v) is 14.9. The van der Waals surface area contributed by atoms with Gasteiger partial charge in [-0.05, 0) is 20.3 Å². The molecule has 0 aliphatic carbocycles. The Morgan fingerprint density at radius 3 is 1.87 bits per heavy atom. The monoisotopic (exact) mass is 681 g/mol. The Labute approximate surface area is 269 Å². The fourth-order valence-corrected chi connectivity index (χ4v) is 5.76. The van der Waals surface area contributed by atoms with Crippen molar-refractivity contribution in [3.05, 3.63) is 0 Å². The number of nitrogens with zero attached hydrogens (tertiary/aromatic N) is 1. The molecule has 4 amide bonds. The van der Waals surface area contributed by atoms with Crippen molar-refractivity contribution < 1.29 is 73.9 Å². The second kappa shape index (κ2) is 17.4. The summed E-state index contributed by atoms with van der Waals surface area (Å²) in [5.74, 6) is -6.83. The number of rotatable bonds is 15. The van der Waals surface area contributed by atoms with E-state index in [1.165, 1.54) is 13.8 Å². The number of aliphatic hydroxyl groups is 6. The van der Waals surface area contributed by atoms with Crippen LogP contribution in [0.5, 0.6) is 0 Å². The summed E-state index contributed by atoms with van der Waals surface area (Å²) >= 11 is 0. The Morgan fingerprint density at radius 2 is 1.40 bits per heavy atom. The molecule has 20 heteroatoms. The molecule has 270 valence electrons. The lowest BCUT2D eigenvalue weighted by atomic mass is 9.82. The first-order valence-electron chi connectivity index (χ1n) is 14.9. The van der Waals surface area contributed by atoms with E-state index in [1.54, 1.807) is 0 Å². The molecule has 2 fully saturated rings. The number of nitrogens with one attached hydrogen (secondary N) is 2. The average molecular weight is 682 g/mol. The van der Waals surface area contributed by atoms with E-state index in [2.05, 4.69) is 10.6 Å². The van der Waals surface area contributed by atoms with E-state index in [4.69, 9.17) is 25.7 Å². The molecule has 2 aliphatic heterocycles. The minimum Gasteiger partial charge on any atom is -0.481 e. The smallest absolute Gasteiger partial charge is 0.309 e. The second-order valence-corrected chi connectivity index (χ2v) is 11.8. The normalized spacial score (nSPS) is 33.5. The Morgan fingerprint density at radius 1 is 0.872 bits per heavy atom. The highest BCUT2D eigenvalue weighted by molar-refractivity contribution is 5.89. The zero-order valence-electron chi connectivity index (χ0n) is 26.4. The predicted octanol–water partition coefficient (Wildman–Crippen LogP) is -6.56. The number of ether oxygens (including phenoxy) is 3. The fraction of sp³-hybridized carbons (Fsp3) is 0.815. The molecule has 47 heavy (non-hydrogen) atoms. The molecule has 2 saturated heterocycles. The van der Waals surface area contributed by atoms with Gasteiger partial charge < -0.3 is 77.0 Å². The molecule has 2 heterocycles. The lowest BCUT2D eigenvalue weighted by Gasteiger charge is -2.45. The van der Waals surface area contributed by atoms with Crippen molar-refractivity contribution in [1.82, 2.24) is 15.5 Å². The van der Waals surface area contributed by atoms with Crippen LogP contribution in [0.3, 0.4) is 0 Å². The summed E-state index contributed by atoms with van der Waals surface area (Å²) in [4.78, 5) is 63.4. The van der Waals surface area contributed by atoms with E-state index in [9.17, 15) is 59.7 Å². The number of aliphatic carboxylic acids is 1. The molecule has 0 spiro atoms. The largest absolute Gasteiger partial charge is 0.481 e. The number of hydrogen-bond donors (Lipinski definition) is 11. The number of hydrogen-bond acceptors (Lipinski definition) is 15. The number of carbonyl (C=O) groups excluding carboxylic acids is 4.